The molecule has 0 saturated carbocycles. The van der Waals surface area contributed by atoms with Gasteiger partial charge in [-0.2, -0.15) is 5.26 Å². The number of hydrogen-bond donors (Lipinski definition) is 1. The Kier molecular flexibility index (Phi) is 8.15. The van der Waals surface area contributed by atoms with Gasteiger partial charge in [0.1, 0.15) is 11.7 Å². The van der Waals surface area contributed by atoms with E-state index in [-0.39, 0.29) is 28.9 Å². The van der Waals surface area contributed by atoms with Gasteiger partial charge in [0, 0.05) is 45.0 Å². The Morgan fingerprint density at radius 1 is 0.949 bits per heavy atom. The molecule has 1 aromatic heterocycles. The van der Waals surface area contributed by atoms with E-state index >= 15 is 0 Å². The fraction of sp³-hybridized carbons (Fsp3) is 0.567. The van der Waals surface area contributed by atoms with Crippen molar-refractivity contribution < 1.29 is 18.7 Å². The van der Waals surface area contributed by atoms with Gasteiger partial charge in [-0.1, -0.05) is 20.8 Å². The van der Waals surface area contributed by atoms with Gasteiger partial charge in [-0.3, -0.25) is 4.79 Å². The third-order valence-electron chi connectivity index (χ3n) is 7.53. The number of amides is 2. The van der Waals surface area contributed by atoms with Crippen molar-refractivity contribution in [2.75, 3.05) is 54.4 Å². The van der Waals surface area contributed by atoms with Gasteiger partial charge in [0.15, 0.2) is 5.76 Å². The molecular weight excluding hydrogens is 494 g/mol. The first kappa shape index (κ1) is 28.3. The van der Waals surface area contributed by atoms with Crippen LogP contribution >= 0.6 is 0 Å². The Bertz CT molecular complexity index is 1220. The number of anilines is 3. The highest BCUT2D eigenvalue weighted by atomic mass is 16.6. The molecule has 2 fully saturated rings. The van der Waals surface area contributed by atoms with E-state index < -0.39 is 5.60 Å². The zero-order valence-electron chi connectivity index (χ0n) is 24.0. The fourth-order valence-electron chi connectivity index (χ4n) is 5.25. The predicted octanol–water partition coefficient (Wildman–Crippen LogP) is 5.72. The molecular formula is C30H41N5O4. The first-order valence-corrected chi connectivity index (χ1v) is 13.8. The number of piperidine rings is 1. The van der Waals surface area contributed by atoms with Crippen molar-refractivity contribution in [1.82, 2.24) is 4.90 Å². The second kappa shape index (κ2) is 11.2. The van der Waals surface area contributed by atoms with E-state index in [1.165, 1.54) is 12.1 Å². The number of nitrogens with one attached hydrogen (secondary N) is 1. The molecule has 2 saturated heterocycles. The highest BCUT2D eigenvalue weighted by Crippen LogP contribution is 2.39. The molecule has 0 atom stereocenters. The van der Waals surface area contributed by atoms with Crippen LogP contribution in [0, 0.1) is 22.7 Å². The van der Waals surface area contributed by atoms with Gasteiger partial charge < -0.3 is 29.2 Å². The Morgan fingerprint density at radius 3 is 2.18 bits per heavy atom. The second-order valence-corrected chi connectivity index (χ2v) is 12.5. The van der Waals surface area contributed by atoms with Crippen LogP contribution < -0.4 is 15.1 Å². The van der Waals surface area contributed by atoms with E-state index in [1.807, 2.05) is 39.0 Å². The van der Waals surface area contributed by atoms with Gasteiger partial charge in [-0.25, -0.2) is 4.79 Å². The number of piperazine rings is 1. The summed E-state index contributed by atoms with van der Waals surface area (Å²) in [6.45, 7) is 16.9. The lowest BCUT2D eigenvalue weighted by atomic mass is 9.75. The van der Waals surface area contributed by atoms with Crippen LogP contribution in [-0.2, 0) is 4.74 Å². The molecule has 210 valence electrons. The summed E-state index contributed by atoms with van der Waals surface area (Å²) in [5.41, 5.74) is 2.47. The first-order valence-electron chi connectivity index (χ1n) is 13.8. The van der Waals surface area contributed by atoms with Gasteiger partial charge in [0.05, 0.1) is 11.4 Å². The van der Waals surface area contributed by atoms with Crippen LogP contribution in [0.25, 0.3) is 0 Å². The summed E-state index contributed by atoms with van der Waals surface area (Å²) >= 11 is 0. The fourth-order valence-corrected chi connectivity index (χ4v) is 5.25. The third-order valence-corrected chi connectivity index (χ3v) is 7.53. The number of hydrogen-bond acceptors (Lipinski definition) is 7. The van der Waals surface area contributed by atoms with E-state index in [9.17, 15) is 9.59 Å². The monoisotopic (exact) mass is 535 g/mol. The van der Waals surface area contributed by atoms with E-state index in [0.29, 0.717) is 37.8 Å². The molecule has 0 radical (unpaired) electrons. The number of carbonyl (C=O) groups excluding carboxylic acids is 2. The summed E-state index contributed by atoms with van der Waals surface area (Å²) < 4.78 is 10.9. The van der Waals surface area contributed by atoms with Crippen LogP contribution in [0.3, 0.4) is 0 Å². The van der Waals surface area contributed by atoms with Gasteiger partial charge >= 0.3 is 6.09 Å². The maximum absolute atomic E-state index is 13.0. The van der Waals surface area contributed by atoms with Crippen molar-refractivity contribution in [3.05, 3.63) is 41.9 Å². The van der Waals surface area contributed by atoms with Crippen LogP contribution in [0.15, 0.2) is 34.7 Å². The van der Waals surface area contributed by atoms with Crippen molar-refractivity contribution in [2.45, 2.75) is 60.0 Å². The van der Waals surface area contributed by atoms with E-state index in [1.54, 1.807) is 4.90 Å². The molecule has 0 spiro atoms. The summed E-state index contributed by atoms with van der Waals surface area (Å²) in [6.07, 6.45) is 1.89. The lowest BCUT2D eigenvalue weighted by molar-refractivity contribution is 0.0240. The van der Waals surface area contributed by atoms with Gasteiger partial charge in [0.2, 0.25) is 5.76 Å². The van der Waals surface area contributed by atoms with Crippen LogP contribution in [0.1, 0.15) is 70.7 Å². The molecule has 0 unspecified atom stereocenters. The summed E-state index contributed by atoms with van der Waals surface area (Å²) in [7, 11) is 0. The molecule has 1 N–H and O–H groups in total. The van der Waals surface area contributed by atoms with Gasteiger partial charge in [-0.15, -0.1) is 0 Å². The number of furan rings is 1. The molecule has 2 amide bonds. The van der Waals surface area contributed by atoms with Crippen molar-refractivity contribution in [2.24, 2.45) is 11.3 Å². The number of carbonyl (C=O) groups is 2. The Morgan fingerprint density at radius 2 is 1.62 bits per heavy atom. The van der Waals surface area contributed by atoms with Crippen molar-refractivity contribution >= 4 is 29.1 Å². The largest absolute Gasteiger partial charge is 0.444 e. The molecule has 39 heavy (non-hydrogen) atoms. The zero-order valence-corrected chi connectivity index (χ0v) is 24.0. The number of nitriles is 1. The molecule has 0 bridgehead atoms. The average molecular weight is 536 g/mol. The number of rotatable bonds is 4. The Balaban J connectivity index is 1.52. The van der Waals surface area contributed by atoms with Gasteiger partial charge in [-0.05, 0) is 75.3 Å². The molecule has 2 aliphatic rings. The lowest BCUT2D eigenvalue weighted by Crippen LogP contribution is -2.50. The minimum absolute atomic E-state index is 0.102. The number of ether oxygens (including phenoxy) is 1. The van der Waals surface area contributed by atoms with Crippen LogP contribution in [0.5, 0.6) is 0 Å². The highest BCUT2D eigenvalue weighted by molar-refractivity contribution is 6.04. The standard InChI is InChI=1S/C30H41N5O4/c1-29(2,3)21-11-13-34(14-12-21)25-19-22(33-15-17-35(18-16-33)28(37)39-30(4,5)6)7-9-24(25)32-27(36)26-10-8-23(20-31)38-26/h7-10,19,21H,11-18H2,1-6H3,(H,32,36). The molecule has 2 aliphatic heterocycles. The third kappa shape index (κ3) is 7.05. The SMILES string of the molecule is CC(C)(C)OC(=O)N1CCN(c2ccc(NC(=O)c3ccc(C#N)o3)c(N3CCC(C(C)(C)C)CC3)c2)CC1. The molecule has 1 aromatic carbocycles. The summed E-state index contributed by atoms with van der Waals surface area (Å²) in [5.74, 6) is 0.459. The Labute approximate surface area is 231 Å². The molecule has 3 heterocycles. The summed E-state index contributed by atoms with van der Waals surface area (Å²) in [5, 5.41) is 12.1. The van der Waals surface area contributed by atoms with Crippen molar-refractivity contribution in [1.29, 1.82) is 5.26 Å². The molecule has 2 aromatic rings. The molecule has 0 aliphatic carbocycles. The quantitative estimate of drug-likeness (QED) is 0.534. The number of benzene rings is 1. The van der Waals surface area contributed by atoms with Gasteiger partial charge in [0.25, 0.3) is 5.91 Å². The summed E-state index contributed by atoms with van der Waals surface area (Å²) in [4.78, 5) is 31.8. The van der Waals surface area contributed by atoms with Crippen molar-refractivity contribution in [3.63, 3.8) is 0 Å². The van der Waals surface area contributed by atoms with Crippen molar-refractivity contribution in [3.8, 4) is 6.07 Å². The maximum Gasteiger partial charge on any atom is 0.410 e. The molecule has 9 nitrogen and oxygen atoms in total. The highest BCUT2D eigenvalue weighted by Gasteiger charge is 2.31. The number of nitrogens with zero attached hydrogens (tertiary/aromatic N) is 4. The molecule has 4 rings (SSSR count). The van der Waals surface area contributed by atoms with Crippen LogP contribution in [0.2, 0.25) is 0 Å². The van der Waals surface area contributed by atoms with E-state index in [4.69, 9.17) is 14.4 Å². The molecule has 9 heteroatoms. The topological polar surface area (TPSA) is 102 Å². The minimum atomic E-state index is -0.518. The minimum Gasteiger partial charge on any atom is -0.444 e. The summed E-state index contributed by atoms with van der Waals surface area (Å²) in [6, 6.07) is 11.0. The maximum atomic E-state index is 13.0. The second-order valence-electron chi connectivity index (χ2n) is 12.5. The predicted molar refractivity (Wildman–Crippen MR) is 152 cm³/mol. The van der Waals surface area contributed by atoms with Crippen LogP contribution in [0.4, 0.5) is 21.9 Å². The normalized spacial score (nSPS) is 17.1. The first-order chi connectivity index (χ1) is 18.3. The van der Waals surface area contributed by atoms with Crippen LogP contribution in [-0.4, -0.2) is 61.8 Å². The average Bonchev–Trinajstić information content (AvgIpc) is 3.37. The van der Waals surface area contributed by atoms with E-state index in [2.05, 4.69) is 42.0 Å². The zero-order chi connectivity index (χ0) is 28.4. The lowest BCUT2D eigenvalue weighted by Gasteiger charge is -2.41. The van der Waals surface area contributed by atoms with E-state index in [0.717, 1.165) is 37.3 Å². The smallest absolute Gasteiger partial charge is 0.410 e. The Hall–Kier alpha value is -3.67.